The Morgan fingerprint density at radius 3 is 2.24 bits per heavy atom. The molecule has 4 heteroatoms. The summed E-state index contributed by atoms with van der Waals surface area (Å²) in [7, 11) is 0. The molecule has 0 heterocycles. The van der Waals surface area contributed by atoms with Crippen molar-refractivity contribution in [2.24, 2.45) is 28.4 Å². The van der Waals surface area contributed by atoms with Crippen molar-refractivity contribution >= 4 is 11.9 Å². The minimum absolute atomic E-state index is 0.120. The predicted molar refractivity (Wildman–Crippen MR) is 62.9 cm³/mol. The fourth-order valence-electron chi connectivity index (χ4n) is 5.23. The van der Waals surface area contributed by atoms with E-state index < -0.39 is 6.03 Å². The molecule has 0 radical (unpaired) electrons. The summed E-state index contributed by atoms with van der Waals surface area (Å²) >= 11 is 0. The summed E-state index contributed by atoms with van der Waals surface area (Å²) in [4.78, 5) is 23.1. The molecule has 3 amide bonds. The van der Waals surface area contributed by atoms with Gasteiger partial charge in [0.25, 0.3) is 0 Å². The van der Waals surface area contributed by atoms with Crippen LogP contribution < -0.4 is 11.1 Å². The molecule has 0 spiro atoms. The first kappa shape index (κ1) is 11.1. The van der Waals surface area contributed by atoms with Crippen LogP contribution in [0.2, 0.25) is 0 Å². The Morgan fingerprint density at radius 2 is 1.76 bits per heavy atom. The summed E-state index contributed by atoms with van der Waals surface area (Å²) in [6, 6.07) is -0.712. The number of hydrogen-bond donors (Lipinski definition) is 2. The minimum Gasteiger partial charge on any atom is -0.351 e. The molecule has 17 heavy (non-hydrogen) atoms. The molecule has 0 aromatic rings. The fourth-order valence-corrected chi connectivity index (χ4v) is 5.23. The van der Waals surface area contributed by atoms with Crippen molar-refractivity contribution in [2.45, 2.75) is 45.4 Å². The predicted octanol–water partition coefficient (Wildman–Crippen LogP) is 1.79. The van der Waals surface area contributed by atoms with E-state index in [1.165, 1.54) is 19.3 Å². The monoisotopic (exact) mass is 236 g/mol. The molecule has 0 aromatic heterocycles. The zero-order chi connectivity index (χ0) is 12.3. The lowest BCUT2D eigenvalue weighted by atomic mass is 9.44. The van der Waals surface area contributed by atoms with E-state index in [9.17, 15) is 9.59 Å². The molecule has 0 saturated heterocycles. The van der Waals surface area contributed by atoms with Crippen LogP contribution in [0.4, 0.5) is 4.79 Å². The Kier molecular flexibility index (Phi) is 2.11. The zero-order valence-electron chi connectivity index (χ0n) is 10.3. The topological polar surface area (TPSA) is 72.2 Å². The van der Waals surface area contributed by atoms with Gasteiger partial charge in [0.15, 0.2) is 0 Å². The number of nitrogens with one attached hydrogen (secondary N) is 1. The van der Waals surface area contributed by atoms with Crippen LogP contribution in [0.25, 0.3) is 0 Å². The van der Waals surface area contributed by atoms with Crippen molar-refractivity contribution in [1.82, 2.24) is 5.32 Å². The van der Waals surface area contributed by atoms with Crippen molar-refractivity contribution in [2.75, 3.05) is 0 Å². The van der Waals surface area contributed by atoms with E-state index in [0.29, 0.717) is 17.3 Å². The highest BCUT2D eigenvalue weighted by molar-refractivity contribution is 5.96. The van der Waals surface area contributed by atoms with Gasteiger partial charge in [0.05, 0.1) is 5.41 Å². The summed E-state index contributed by atoms with van der Waals surface area (Å²) < 4.78 is 0. The fraction of sp³-hybridized carbons (Fsp3) is 0.846. The molecular weight excluding hydrogens is 216 g/mol. The molecule has 4 fully saturated rings. The second kappa shape index (κ2) is 3.24. The molecule has 4 rings (SSSR count). The van der Waals surface area contributed by atoms with Gasteiger partial charge < -0.3 is 5.73 Å². The average Bonchev–Trinajstić information content (AvgIpc) is 2.11. The highest BCUT2D eigenvalue weighted by Crippen LogP contribution is 2.65. The molecule has 4 bridgehead atoms. The second-order valence-electron chi connectivity index (χ2n) is 6.87. The lowest BCUT2D eigenvalue weighted by Crippen LogP contribution is -2.58. The molecule has 0 aromatic carbocycles. The highest BCUT2D eigenvalue weighted by Gasteiger charge is 2.58. The standard InChI is InChI=1S/C13H20N2O2/c1-12-3-8-2-9(4-12)6-13(5-8,7-12)10(16)15-11(14)17/h8-9H,2-7H2,1H3,(H3,14,15,16,17). The van der Waals surface area contributed by atoms with Gasteiger partial charge in [-0.2, -0.15) is 0 Å². The number of urea groups is 1. The van der Waals surface area contributed by atoms with Crippen LogP contribution in [0, 0.1) is 22.7 Å². The Balaban J connectivity index is 1.88. The Morgan fingerprint density at radius 1 is 1.18 bits per heavy atom. The van der Waals surface area contributed by atoms with Crippen molar-refractivity contribution < 1.29 is 9.59 Å². The van der Waals surface area contributed by atoms with Crippen LogP contribution >= 0.6 is 0 Å². The van der Waals surface area contributed by atoms with Crippen LogP contribution in [0.1, 0.15) is 45.4 Å². The summed E-state index contributed by atoms with van der Waals surface area (Å²) in [5.41, 5.74) is 5.10. The van der Waals surface area contributed by atoms with Gasteiger partial charge in [0, 0.05) is 0 Å². The number of nitrogens with two attached hydrogens (primary N) is 1. The van der Waals surface area contributed by atoms with Crippen molar-refractivity contribution in [3.05, 3.63) is 0 Å². The molecule has 3 N–H and O–H groups in total. The van der Waals surface area contributed by atoms with E-state index in [2.05, 4.69) is 12.2 Å². The molecule has 2 atom stereocenters. The summed E-state index contributed by atoms with van der Waals surface area (Å²) in [5, 5.41) is 2.32. The SMILES string of the molecule is CC12CC3CC(C1)CC(C(=O)NC(N)=O)(C3)C2. The molecule has 2 unspecified atom stereocenters. The van der Waals surface area contributed by atoms with E-state index >= 15 is 0 Å². The molecule has 4 nitrogen and oxygen atoms in total. The zero-order valence-corrected chi connectivity index (χ0v) is 10.3. The van der Waals surface area contributed by atoms with Crippen molar-refractivity contribution in [3.8, 4) is 0 Å². The van der Waals surface area contributed by atoms with Crippen LogP contribution in [-0.2, 0) is 4.79 Å². The van der Waals surface area contributed by atoms with Crippen LogP contribution in [0.5, 0.6) is 0 Å². The van der Waals surface area contributed by atoms with Gasteiger partial charge in [-0.25, -0.2) is 4.79 Å². The van der Waals surface area contributed by atoms with E-state index in [1.54, 1.807) is 0 Å². The largest absolute Gasteiger partial charge is 0.351 e. The maximum Gasteiger partial charge on any atom is 0.318 e. The normalized spacial score (nSPS) is 46.9. The number of carbonyl (C=O) groups is 2. The highest BCUT2D eigenvalue weighted by atomic mass is 16.2. The number of hydrogen-bond acceptors (Lipinski definition) is 2. The van der Waals surface area contributed by atoms with Crippen molar-refractivity contribution in [3.63, 3.8) is 0 Å². The van der Waals surface area contributed by atoms with Gasteiger partial charge in [-0.05, 0) is 55.8 Å². The lowest BCUT2D eigenvalue weighted by Gasteiger charge is -2.60. The quantitative estimate of drug-likeness (QED) is 0.728. The van der Waals surface area contributed by atoms with Crippen LogP contribution in [0.3, 0.4) is 0 Å². The Bertz CT molecular complexity index is 377. The number of imide groups is 1. The Labute approximate surface area is 101 Å². The maximum absolute atomic E-state index is 12.2. The second-order valence-corrected chi connectivity index (χ2v) is 6.87. The van der Waals surface area contributed by atoms with Crippen LogP contribution in [0.15, 0.2) is 0 Å². The summed E-state index contributed by atoms with van der Waals surface area (Å²) in [6.45, 7) is 2.30. The first-order chi connectivity index (χ1) is 7.91. The molecule has 4 aliphatic carbocycles. The van der Waals surface area contributed by atoms with Gasteiger partial charge in [-0.3, -0.25) is 10.1 Å². The third kappa shape index (κ3) is 1.65. The smallest absolute Gasteiger partial charge is 0.318 e. The van der Waals surface area contributed by atoms with E-state index in [1.807, 2.05) is 0 Å². The van der Waals surface area contributed by atoms with Gasteiger partial charge in [0.1, 0.15) is 0 Å². The summed E-state index contributed by atoms with van der Waals surface area (Å²) in [6.07, 6.45) is 6.65. The number of rotatable bonds is 1. The number of primary amides is 1. The van der Waals surface area contributed by atoms with Crippen molar-refractivity contribution in [1.29, 1.82) is 0 Å². The molecule has 4 aliphatic rings. The molecule has 94 valence electrons. The average molecular weight is 236 g/mol. The van der Waals surface area contributed by atoms with E-state index in [4.69, 9.17) is 5.73 Å². The van der Waals surface area contributed by atoms with Gasteiger partial charge in [-0.15, -0.1) is 0 Å². The molecule has 0 aliphatic heterocycles. The van der Waals surface area contributed by atoms with E-state index in [0.717, 1.165) is 19.3 Å². The summed E-state index contributed by atoms with van der Waals surface area (Å²) in [5.74, 6) is 1.24. The van der Waals surface area contributed by atoms with E-state index in [-0.39, 0.29) is 11.3 Å². The minimum atomic E-state index is -0.712. The number of carbonyl (C=O) groups excluding carboxylic acids is 2. The third-order valence-electron chi connectivity index (χ3n) is 5.07. The Hall–Kier alpha value is -1.06. The van der Waals surface area contributed by atoms with Gasteiger partial charge in [0.2, 0.25) is 5.91 Å². The van der Waals surface area contributed by atoms with Gasteiger partial charge >= 0.3 is 6.03 Å². The van der Waals surface area contributed by atoms with Gasteiger partial charge in [-0.1, -0.05) is 6.92 Å². The number of amides is 3. The third-order valence-corrected chi connectivity index (χ3v) is 5.07. The maximum atomic E-state index is 12.2. The lowest BCUT2D eigenvalue weighted by molar-refractivity contribution is -0.154. The molecule has 4 saturated carbocycles. The first-order valence-corrected chi connectivity index (χ1v) is 6.52. The first-order valence-electron chi connectivity index (χ1n) is 6.52. The molecular formula is C13H20N2O2. The van der Waals surface area contributed by atoms with Crippen LogP contribution in [-0.4, -0.2) is 11.9 Å².